The minimum Gasteiger partial charge on any atom is -0.494 e. The van der Waals surface area contributed by atoms with Crippen molar-refractivity contribution in [2.24, 2.45) is 0 Å². The second-order valence-corrected chi connectivity index (χ2v) is 7.00. The van der Waals surface area contributed by atoms with Gasteiger partial charge in [0.05, 0.1) is 25.4 Å². The van der Waals surface area contributed by atoms with Crippen LogP contribution in [0.3, 0.4) is 0 Å². The number of para-hydroxylation sites is 3. The standard InChI is InChI=1S/C24H20N6O2/c1-31-22-14-8-7-13-21(22)30-16-18(26-29-30)15-25-20-12-6-5-11-19(20)24-28-27-23(32-24)17-9-3-2-4-10-17/h2-14,16,25H,15H2,1H3. The third-order valence-electron chi connectivity index (χ3n) is 4.94. The number of anilines is 1. The molecule has 0 amide bonds. The summed E-state index contributed by atoms with van der Waals surface area (Å²) in [5, 5.41) is 20.3. The minimum atomic E-state index is 0.449. The van der Waals surface area contributed by atoms with Crippen LogP contribution in [0.5, 0.6) is 5.75 Å². The molecule has 8 nitrogen and oxygen atoms in total. The van der Waals surface area contributed by atoms with E-state index in [1.54, 1.807) is 11.8 Å². The van der Waals surface area contributed by atoms with Crippen LogP contribution in [-0.4, -0.2) is 32.3 Å². The summed E-state index contributed by atoms with van der Waals surface area (Å²) in [5.74, 6) is 1.66. The molecule has 0 atom stereocenters. The van der Waals surface area contributed by atoms with E-state index in [9.17, 15) is 0 Å². The number of nitrogens with one attached hydrogen (secondary N) is 1. The van der Waals surface area contributed by atoms with E-state index in [1.807, 2.05) is 85.1 Å². The zero-order valence-corrected chi connectivity index (χ0v) is 17.3. The molecule has 32 heavy (non-hydrogen) atoms. The Bertz CT molecular complexity index is 1330. The number of benzene rings is 3. The van der Waals surface area contributed by atoms with E-state index in [0.29, 0.717) is 18.3 Å². The normalized spacial score (nSPS) is 10.8. The van der Waals surface area contributed by atoms with E-state index >= 15 is 0 Å². The Labute approximate surface area is 184 Å². The van der Waals surface area contributed by atoms with E-state index in [4.69, 9.17) is 9.15 Å². The van der Waals surface area contributed by atoms with Crippen molar-refractivity contribution in [3.05, 3.63) is 90.8 Å². The Balaban J connectivity index is 1.35. The van der Waals surface area contributed by atoms with Gasteiger partial charge in [-0.2, -0.15) is 0 Å². The average Bonchev–Trinajstić information content (AvgIpc) is 3.54. The molecule has 2 aromatic heterocycles. The van der Waals surface area contributed by atoms with Gasteiger partial charge in [-0.15, -0.1) is 15.3 Å². The molecule has 0 saturated heterocycles. The van der Waals surface area contributed by atoms with E-state index in [0.717, 1.165) is 33.9 Å². The predicted octanol–water partition coefficient (Wildman–Crippen LogP) is 4.61. The first-order valence-corrected chi connectivity index (χ1v) is 10.1. The van der Waals surface area contributed by atoms with Crippen LogP contribution in [0.15, 0.2) is 89.5 Å². The van der Waals surface area contributed by atoms with Crippen LogP contribution in [-0.2, 0) is 6.54 Å². The van der Waals surface area contributed by atoms with Crippen molar-refractivity contribution < 1.29 is 9.15 Å². The fourth-order valence-electron chi connectivity index (χ4n) is 3.36. The smallest absolute Gasteiger partial charge is 0.250 e. The summed E-state index contributed by atoms with van der Waals surface area (Å²) < 4.78 is 13.0. The van der Waals surface area contributed by atoms with Crippen LogP contribution in [0.1, 0.15) is 5.69 Å². The average molecular weight is 424 g/mol. The van der Waals surface area contributed by atoms with Gasteiger partial charge in [-0.1, -0.05) is 47.7 Å². The Kier molecular flexibility index (Phi) is 5.32. The lowest BCUT2D eigenvalue weighted by Gasteiger charge is -2.08. The minimum absolute atomic E-state index is 0.449. The molecular weight excluding hydrogens is 404 g/mol. The van der Waals surface area contributed by atoms with Crippen LogP contribution in [0.4, 0.5) is 5.69 Å². The lowest BCUT2D eigenvalue weighted by atomic mass is 10.1. The van der Waals surface area contributed by atoms with Gasteiger partial charge in [-0.3, -0.25) is 0 Å². The van der Waals surface area contributed by atoms with Gasteiger partial charge in [-0.25, -0.2) is 4.68 Å². The quantitative estimate of drug-likeness (QED) is 0.408. The molecule has 0 aliphatic heterocycles. The Hall–Kier alpha value is -4.46. The Morgan fingerprint density at radius 3 is 2.47 bits per heavy atom. The molecule has 3 aromatic carbocycles. The van der Waals surface area contributed by atoms with E-state index in [1.165, 1.54) is 0 Å². The number of ether oxygens (including phenoxy) is 1. The molecular formula is C24H20N6O2. The molecule has 0 saturated carbocycles. The highest BCUT2D eigenvalue weighted by molar-refractivity contribution is 5.73. The monoisotopic (exact) mass is 424 g/mol. The van der Waals surface area contributed by atoms with Gasteiger partial charge in [0.2, 0.25) is 11.8 Å². The van der Waals surface area contributed by atoms with E-state index in [-0.39, 0.29) is 0 Å². The van der Waals surface area contributed by atoms with Crippen molar-refractivity contribution in [1.29, 1.82) is 0 Å². The lowest BCUT2D eigenvalue weighted by Crippen LogP contribution is -2.01. The van der Waals surface area contributed by atoms with Crippen molar-refractivity contribution in [2.45, 2.75) is 6.54 Å². The van der Waals surface area contributed by atoms with Gasteiger partial charge >= 0.3 is 0 Å². The molecule has 0 radical (unpaired) electrons. The molecule has 0 aliphatic rings. The molecule has 0 fully saturated rings. The molecule has 0 spiro atoms. The summed E-state index contributed by atoms with van der Waals surface area (Å²) in [5.41, 5.74) is 4.17. The molecule has 8 heteroatoms. The number of methoxy groups -OCH3 is 1. The first-order chi connectivity index (χ1) is 15.8. The van der Waals surface area contributed by atoms with Gasteiger partial charge in [0.15, 0.2) is 0 Å². The van der Waals surface area contributed by atoms with E-state index < -0.39 is 0 Å². The van der Waals surface area contributed by atoms with Gasteiger partial charge in [0, 0.05) is 11.3 Å². The highest BCUT2D eigenvalue weighted by Crippen LogP contribution is 2.29. The molecule has 0 unspecified atom stereocenters. The molecule has 158 valence electrons. The van der Waals surface area contributed by atoms with Crippen LogP contribution in [0, 0.1) is 0 Å². The predicted molar refractivity (Wildman–Crippen MR) is 120 cm³/mol. The second-order valence-electron chi connectivity index (χ2n) is 7.00. The Morgan fingerprint density at radius 1 is 0.844 bits per heavy atom. The summed E-state index contributed by atoms with van der Waals surface area (Å²) in [7, 11) is 1.63. The maximum absolute atomic E-state index is 5.93. The summed E-state index contributed by atoms with van der Waals surface area (Å²) >= 11 is 0. The molecule has 5 rings (SSSR count). The van der Waals surface area contributed by atoms with Crippen molar-refractivity contribution in [2.75, 3.05) is 12.4 Å². The zero-order chi connectivity index (χ0) is 21.8. The summed E-state index contributed by atoms with van der Waals surface area (Å²) in [6, 6.07) is 25.2. The zero-order valence-electron chi connectivity index (χ0n) is 17.3. The number of hydrogen-bond donors (Lipinski definition) is 1. The second kappa shape index (κ2) is 8.73. The first kappa shape index (κ1) is 19.5. The van der Waals surface area contributed by atoms with Gasteiger partial charge in [0.1, 0.15) is 17.1 Å². The molecule has 1 N–H and O–H groups in total. The summed E-state index contributed by atoms with van der Waals surface area (Å²) in [6.07, 6.45) is 1.87. The summed E-state index contributed by atoms with van der Waals surface area (Å²) in [6.45, 7) is 0.478. The third-order valence-corrected chi connectivity index (χ3v) is 4.94. The molecule has 0 bridgehead atoms. The third kappa shape index (κ3) is 3.93. The molecule has 0 aliphatic carbocycles. The fourth-order valence-corrected chi connectivity index (χ4v) is 3.36. The number of rotatable bonds is 7. The molecule has 5 aromatic rings. The maximum atomic E-state index is 5.93. The van der Waals surface area contributed by atoms with Crippen molar-refractivity contribution in [3.8, 4) is 34.3 Å². The topological polar surface area (TPSA) is 90.9 Å². The summed E-state index contributed by atoms with van der Waals surface area (Å²) in [4.78, 5) is 0. The van der Waals surface area contributed by atoms with Gasteiger partial charge < -0.3 is 14.5 Å². The highest BCUT2D eigenvalue weighted by Gasteiger charge is 2.14. The van der Waals surface area contributed by atoms with E-state index in [2.05, 4.69) is 25.8 Å². The van der Waals surface area contributed by atoms with Gasteiger partial charge in [-0.05, 0) is 36.4 Å². The van der Waals surface area contributed by atoms with Gasteiger partial charge in [0.25, 0.3) is 0 Å². The first-order valence-electron chi connectivity index (χ1n) is 10.1. The van der Waals surface area contributed by atoms with Crippen molar-refractivity contribution in [1.82, 2.24) is 25.2 Å². The van der Waals surface area contributed by atoms with Crippen LogP contribution < -0.4 is 10.1 Å². The number of hydrogen-bond acceptors (Lipinski definition) is 7. The largest absolute Gasteiger partial charge is 0.494 e. The van der Waals surface area contributed by atoms with Crippen molar-refractivity contribution >= 4 is 5.69 Å². The molecule has 2 heterocycles. The number of aromatic nitrogens is 5. The van der Waals surface area contributed by atoms with Crippen LogP contribution in [0.2, 0.25) is 0 Å². The Morgan fingerprint density at radius 2 is 1.59 bits per heavy atom. The number of nitrogens with zero attached hydrogens (tertiary/aromatic N) is 5. The van der Waals surface area contributed by atoms with Crippen LogP contribution in [0.25, 0.3) is 28.6 Å². The van der Waals surface area contributed by atoms with Crippen molar-refractivity contribution in [3.63, 3.8) is 0 Å². The lowest BCUT2D eigenvalue weighted by molar-refractivity contribution is 0.411. The maximum Gasteiger partial charge on any atom is 0.250 e. The highest BCUT2D eigenvalue weighted by atomic mass is 16.5. The SMILES string of the molecule is COc1ccccc1-n1cc(CNc2ccccc2-c2nnc(-c3ccccc3)o2)nn1. The van der Waals surface area contributed by atoms with Crippen LogP contribution >= 0.6 is 0 Å². The fraction of sp³-hybridized carbons (Fsp3) is 0.0833.